The molecule has 1 aliphatic heterocycles. The van der Waals surface area contributed by atoms with E-state index in [1.54, 1.807) is 23.5 Å². The summed E-state index contributed by atoms with van der Waals surface area (Å²) in [5.74, 6) is 0.664. The molecule has 0 radical (unpaired) electrons. The molecular formula is C14H24N4O2S. The van der Waals surface area contributed by atoms with Gasteiger partial charge in [-0.15, -0.1) is 0 Å². The van der Waals surface area contributed by atoms with Gasteiger partial charge in [0.25, 0.3) is 0 Å². The van der Waals surface area contributed by atoms with E-state index in [0.29, 0.717) is 12.4 Å². The minimum atomic E-state index is -3.48. The lowest BCUT2D eigenvalue weighted by Gasteiger charge is -2.29. The molecule has 21 heavy (non-hydrogen) atoms. The van der Waals surface area contributed by atoms with Crippen LogP contribution in [0, 0.1) is 0 Å². The number of hydrogen-bond donors (Lipinski definition) is 1. The SMILES string of the molecule is CCC1CN(C)CCCN1S(=O)(=O)c1ccc(NC)nc1. The van der Waals surface area contributed by atoms with Crippen molar-refractivity contribution in [2.45, 2.75) is 30.7 Å². The van der Waals surface area contributed by atoms with Gasteiger partial charge in [0.15, 0.2) is 0 Å². The minimum absolute atomic E-state index is 0.0199. The maximum Gasteiger partial charge on any atom is 0.244 e. The molecule has 2 heterocycles. The first-order valence-corrected chi connectivity index (χ1v) is 8.77. The molecule has 0 saturated carbocycles. The Balaban J connectivity index is 2.31. The molecule has 0 aromatic carbocycles. The van der Waals surface area contributed by atoms with Crippen LogP contribution in [0.3, 0.4) is 0 Å². The van der Waals surface area contributed by atoms with E-state index in [2.05, 4.69) is 15.2 Å². The molecule has 1 saturated heterocycles. The van der Waals surface area contributed by atoms with Crippen LogP contribution in [-0.2, 0) is 10.0 Å². The summed E-state index contributed by atoms with van der Waals surface area (Å²) in [6.45, 7) is 4.31. The summed E-state index contributed by atoms with van der Waals surface area (Å²) in [7, 11) is 0.323. The summed E-state index contributed by atoms with van der Waals surface area (Å²) < 4.78 is 27.4. The fourth-order valence-electron chi connectivity index (χ4n) is 2.69. The normalized spacial score (nSPS) is 22.0. The van der Waals surface area contributed by atoms with E-state index in [-0.39, 0.29) is 10.9 Å². The third kappa shape index (κ3) is 3.53. The molecule has 0 amide bonds. The van der Waals surface area contributed by atoms with E-state index < -0.39 is 10.0 Å². The molecule has 1 aliphatic rings. The molecule has 2 rings (SSSR count). The Kier molecular flexibility index (Phi) is 5.18. The highest BCUT2D eigenvalue weighted by atomic mass is 32.2. The van der Waals surface area contributed by atoms with Crippen LogP contribution in [0.4, 0.5) is 5.82 Å². The molecule has 1 aromatic rings. The van der Waals surface area contributed by atoms with Gasteiger partial charge >= 0.3 is 0 Å². The minimum Gasteiger partial charge on any atom is -0.373 e. The van der Waals surface area contributed by atoms with Crippen molar-refractivity contribution in [3.8, 4) is 0 Å². The maximum absolute atomic E-state index is 12.9. The van der Waals surface area contributed by atoms with Gasteiger partial charge in [-0.1, -0.05) is 6.92 Å². The van der Waals surface area contributed by atoms with Crippen molar-refractivity contribution in [3.05, 3.63) is 18.3 Å². The van der Waals surface area contributed by atoms with Crippen molar-refractivity contribution in [2.75, 3.05) is 39.0 Å². The molecule has 0 spiro atoms. The summed E-state index contributed by atoms with van der Waals surface area (Å²) in [5.41, 5.74) is 0. The lowest BCUT2D eigenvalue weighted by molar-refractivity contribution is 0.270. The summed E-state index contributed by atoms with van der Waals surface area (Å²) in [4.78, 5) is 6.59. The molecular weight excluding hydrogens is 288 g/mol. The molecule has 6 nitrogen and oxygen atoms in total. The van der Waals surface area contributed by atoms with Crippen molar-refractivity contribution in [1.29, 1.82) is 0 Å². The lowest BCUT2D eigenvalue weighted by atomic mass is 10.2. The number of aromatic nitrogens is 1. The Morgan fingerprint density at radius 3 is 2.71 bits per heavy atom. The Hall–Kier alpha value is -1.18. The molecule has 1 atom stereocenters. The Morgan fingerprint density at radius 1 is 1.38 bits per heavy atom. The number of nitrogens with one attached hydrogen (secondary N) is 1. The standard InChI is InChI=1S/C14H24N4O2S/c1-4-12-11-17(3)8-5-9-18(12)21(19,20)13-6-7-14(15-2)16-10-13/h6-7,10,12H,4-5,8-9,11H2,1-3H3,(H,15,16). The van der Waals surface area contributed by atoms with E-state index in [4.69, 9.17) is 0 Å². The van der Waals surface area contributed by atoms with E-state index in [9.17, 15) is 8.42 Å². The van der Waals surface area contributed by atoms with Crippen LogP contribution < -0.4 is 5.32 Å². The number of hydrogen-bond acceptors (Lipinski definition) is 5. The van der Waals surface area contributed by atoms with Crippen LogP contribution in [0.2, 0.25) is 0 Å². The molecule has 1 fully saturated rings. The highest BCUT2D eigenvalue weighted by molar-refractivity contribution is 7.89. The van der Waals surface area contributed by atoms with Gasteiger partial charge in [0.1, 0.15) is 10.7 Å². The van der Waals surface area contributed by atoms with Crippen LogP contribution in [0.5, 0.6) is 0 Å². The number of pyridine rings is 1. The Morgan fingerprint density at radius 2 is 2.14 bits per heavy atom. The molecule has 0 aliphatic carbocycles. The van der Waals surface area contributed by atoms with Gasteiger partial charge in [-0.25, -0.2) is 13.4 Å². The summed E-state index contributed by atoms with van der Waals surface area (Å²) in [6.07, 6.45) is 3.10. The van der Waals surface area contributed by atoms with Gasteiger partial charge in [0.05, 0.1) is 0 Å². The second-order valence-electron chi connectivity index (χ2n) is 5.42. The number of rotatable bonds is 4. The highest BCUT2D eigenvalue weighted by Gasteiger charge is 2.32. The predicted molar refractivity (Wildman–Crippen MR) is 83.9 cm³/mol. The third-order valence-corrected chi connectivity index (χ3v) is 5.85. The van der Waals surface area contributed by atoms with Gasteiger partial charge in [0.2, 0.25) is 10.0 Å². The fraction of sp³-hybridized carbons (Fsp3) is 0.643. The van der Waals surface area contributed by atoms with Crippen LogP contribution in [-0.4, -0.2) is 62.4 Å². The number of nitrogens with zero attached hydrogens (tertiary/aromatic N) is 3. The van der Waals surface area contributed by atoms with Crippen LogP contribution in [0.1, 0.15) is 19.8 Å². The molecule has 7 heteroatoms. The molecule has 1 unspecified atom stereocenters. The second-order valence-corrected chi connectivity index (χ2v) is 7.31. The molecule has 1 N–H and O–H groups in total. The van der Waals surface area contributed by atoms with Gasteiger partial charge < -0.3 is 10.2 Å². The number of sulfonamides is 1. The van der Waals surface area contributed by atoms with Gasteiger partial charge in [-0.2, -0.15) is 4.31 Å². The lowest BCUT2D eigenvalue weighted by Crippen LogP contribution is -2.43. The van der Waals surface area contributed by atoms with Crippen LogP contribution >= 0.6 is 0 Å². The van der Waals surface area contributed by atoms with Crippen molar-refractivity contribution in [2.24, 2.45) is 0 Å². The zero-order chi connectivity index (χ0) is 15.5. The highest BCUT2D eigenvalue weighted by Crippen LogP contribution is 2.22. The van der Waals surface area contributed by atoms with Crippen molar-refractivity contribution in [3.63, 3.8) is 0 Å². The van der Waals surface area contributed by atoms with Crippen molar-refractivity contribution in [1.82, 2.24) is 14.2 Å². The van der Waals surface area contributed by atoms with E-state index in [1.165, 1.54) is 6.20 Å². The van der Waals surface area contributed by atoms with Crippen molar-refractivity contribution < 1.29 is 8.42 Å². The van der Waals surface area contributed by atoms with E-state index in [0.717, 1.165) is 25.9 Å². The summed E-state index contributed by atoms with van der Waals surface area (Å²) in [5, 5.41) is 2.89. The van der Waals surface area contributed by atoms with Crippen molar-refractivity contribution >= 4 is 15.8 Å². The molecule has 118 valence electrons. The largest absolute Gasteiger partial charge is 0.373 e. The average molecular weight is 312 g/mol. The first-order valence-electron chi connectivity index (χ1n) is 7.33. The zero-order valence-electron chi connectivity index (χ0n) is 12.9. The second kappa shape index (κ2) is 6.72. The maximum atomic E-state index is 12.9. The summed E-state index contributed by atoms with van der Waals surface area (Å²) in [6, 6.07) is 3.33. The zero-order valence-corrected chi connectivity index (χ0v) is 13.7. The van der Waals surface area contributed by atoms with Gasteiger partial charge in [-0.05, 0) is 38.6 Å². The molecule has 1 aromatic heterocycles. The first kappa shape index (κ1) is 16.2. The summed E-state index contributed by atoms with van der Waals surface area (Å²) >= 11 is 0. The Labute approximate surface area is 127 Å². The average Bonchev–Trinajstić information content (AvgIpc) is 2.68. The molecule has 0 bridgehead atoms. The van der Waals surface area contributed by atoms with Crippen LogP contribution in [0.25, 0.3) is 0 Å². The third-order valence-electron chi connectivity index (χ3n) is 3.92. The quantitative estimate of drug-likeness (QED) is 0.906. The fourth-order valence-corrected chi connectivity index (χ4v) is 4.36. The smallest absolute Gasteiger partial charge is 0.244 e. The monoisotopic (exact) mass is 312 g/mol. The van der Waals surface area contributed by atoms with E-state index >= 15 is 0 Å². The predicted octanol–water partition coefficient (Wildman–Crippen LogP) is 1.23. The van der Waals surface area contributed by atoms with Gasteiger partial charge in [0, 0.05) is 32.4 Å². The van der Waals surface area contributed by atoms with Crippen LogP contribution in [0.15, 0.2) is 23.2 Å². The van der Waals surface area contributed by atoms with E-state index in [1.807, 2.05) is 14.0 Å². The first-order chi connectivity index (χ1) is 9.98. The van der Waals surface area contributed by atoms with Gasteiger partial charge in [-0.3, -0.25) is 0 Å². The topological polar surface area (TPSA) is 65.5 Å². The number of likely N-dealkylation sites (N-methyl/N-ethyl adjacent to an activating group) is 1. The Bertz CT molecular complexity index is 559. The number of anilines is 1.